The van der Waals surface area contributed by atoms with E-state index in [9.17, 15) is 17.8 Å². The van der Waals surface area contributed by atoms with Crippen LogP contribution in [0.5, 0.6) is 0 Å². The SMILES string of the molecule is CN(C)CCN(C)c1ccc(C(=O)Nc2n[nH]c3c2CN(S(=O)c2cc(F)cc(F)c2)CC3)c(NC2CCOCC2)c1. The number of hydrogen-bond acceptors (Lipinski definition) is 7. The molecule has 3 heterocycles. The number of nitrogens with one attached hydrogen (secondary N) is 3. The van der Waals surface area contributed by atoms with Crippen LogP contribution in [-0.4, -0.2) is 89.6 Å². The summed E-state index contributed by atoms with van der Waals surface area (Å²) in [4.78, 5) is 18.0. The third kappa shape index (κ3) is 7.14. The van der Waals surface area contributed by atoms with E-state index in [0.29, 0.717) is 43.1 Å². The minimum absolute atomic E-state index is 0.0458. The molecule has 42 heavy (non-hydrogen) atoms. The highest BCUT2D eigenvalue weighted by atomic mass is 32.2. The average molecular weight is 602 g/mol. The highest BCUT2D eigenvalue weighted by Gasteiger charge is 2.28. The van der Waals surface area contributed by atoms with Crippen LogP contribution in [0.4, 0.5) is 26.0 Å². The van der Waals surface area contributed by atoms with E-state index >= 15 is 0 Å². The molecule has 13 heteroatoms. The molecule has 226 valence electrons. The van der Waals surface area contributed by atoms with E-state index in [-0.39, 0.29) is 23.4 Å². The monoisotopic (exact) mass is 601 g/mol. The fraction of sp³-hybridized carbons (Fsp3) is 0.448. The van der Waals surface area contributed by atoms with E-state index in [2.05, 4.69) is 30.6 Å². The molecule has 0 spiro atoms. The molecule has 3 N–H and O–H groups in total. The maximum Gasteiger partial charge on any atom is 0.258 e. The number of amides is 1. The standard InChI is InChI=1S/C29H37F2N7O3S/c1-36(2)10-11-37(3)22-4-5-24(27(17-22)32-21-7-12-41-13-8-21)29(39)33-28-25-18-38(9-6-26(25)34-35-28)42(40)23-15-19(30)14-20(31)16-23/h4-5,14-17,21,32H,6-13,18H2,1-3H3,(H2,33,34,35,39). The Hall–Kier alpha value is -3.39. The Morgan fingerprint density at radius 2 is 1.86 bits per heavy atom. The number of aromatic nitrogens is 2. The Morgan fingerprint density at radius 3 is 2.57 bits per heavy atom. The number of carbonyl (C=O) groups is 1. The van der Waals surface area contributed by atoms with Crippen LogP contribution >= 0.6 is 0 Å². The largest absolute Gasteiger partial charge is 0.381 e. The van der Waals surface area contributed by atoms with Crippen molar-refractivity contribution >= 4 is 34.1 Å². The molecule has 2 aliphatic heterocycles. The lowest BCUT2D eigenvalue weighted by molar-refractivity contribution is 0.0904. The number of carbonyl (C=O) groups excluding carboxylic acids is 1. The van der Waals surface area contributed by atoms with E-state index in [0.717, 1.165) is 61.2 Å². The van der Waals surface area contributed by atoms with Crippen molar-refractivity contribution in [1.29, 1.82) is 0 Å². The summed E-state index contributed by atoms with van der Waals surface area (Å²) in [7, 11) is 4.31. The van der Waals surface area contributed by atoms with Crippen LogP contribution < -0.4 is 15.5 Å². The van der Waals surface area contributed by atoms with Gasteiger partial charge in [0.15, 0.2) is 5.82 Å². The molecule has 1 atom stereocenters. The van der Waals surface area contributed by atoms with Crippen molar-refractivity contribution in [3.8, 4) is 0 Å². The van der Waals surface area contributed by atoms with Gasteiger partial charge >= 0.3 is 0 Å². The zero-order valence-electron chi connectivity index (χ0n) is 24.1. The lowest BCUT2D eigenvalue weighted by Gasteiger charge is -2.27. The van der Waals surface area contributed by atoms with E-state index in [1.807, 2.05) is 39.3 Å². The zero-order chi connectivity index (χ0) is 29.8. The van der Waals surface area contributed by atoms with Gasteiger partial charge in [0.25, 0.3) is 5.91 Å². The molecule has 0 radical (unpaired) electrons. The van der Waals surface area contributed by atoms with Gasteiger partial charge in [0.05, 0.1) is 10.5 Å². The molecule has 1 amide bonds. The molecule has 2 aromatic carbocycles. The normalized spacial score (nSPS) is 16.7. The Kier molecular flexibility index (Phi) is 9.51. The Morgan fingerprint density at radius 1 is 1.12 bits per heavy atom. The van der Waals surface area contributed by atoms with Crippen LogP contribution in [0.1, 0.15) is 34.5 Å². The fourth-order valence-corrected chi connectivity index (χ4v) is 6.32. The molecule has 2 aliphatic rings. The average Bonchev–Trinajstić information content (AvgIpc) is 3.37. The second-order valence-corrected chi connectivity index (χ2v) is 12.4. The highest BCUT2D eigenvalue weighted by Crippen LogP contribution is 2.30. The maximum atomic E-state index is 13.8. The minimum atomic E-state index is -1.79. The van der Waals surface area contributed by atoms with Crippen LogP contribution in [0.2, 0.25) is 0 Å². The van der Waals surface area contributed by atoms with E-state index in [1.165, 1.54) is 0 Å². The minimum Gasteiger partial charge on any atom is -0.381 e. The van der Waals surface area contributed by atoms with Crippen molar-refractivity contribution in [2.45, 2.75) is 36.7 Å². The second kappa shape index (κ2) is 13.3. The Labute approximate surface area is 247 Å². The summed E-state index contributed by atoms with van der Waals surface area (Å²) in [6.07, 6.45) is 2.18. The zero-order valence-corrected chi connectivity index (χ0v) is 24.9. The molecule has 1 unspecified atom stereocenters. The van der Waals surface area contributed by atoms with Crippen molar-refractivity contribution in [1.82, 2.24) is 19.4 Å². The van der Waals surface area contributed by atoms with Gasteiger partial charge in [-0.2, -0.15) is 5.10 Å². The number of benzene rings is 2. The smallest absolute Gasteiger partial charge is 0.258 e. The second-order valence-electron chi connectivity index (χ2n) is 10.9. The quantitative estimate of drug-likeness (QED) is 0.326. The van der Waals surface area contributed by atoms with Gasteiger partial charge < -0.3 is 25.2 Å². The van der Waals surface area contributed by atoms with E-state index < -0.39 is 22.6 Å². The van der Waals surface area contributed by atoms with E-state index in [4.69, 9.17) is 4.74 Å². The molecule has 1 fully saturated rings. The molecule has 10 nitrogen and oxygen atoms in total. The van der Waals surface area contributed by atoms with Crippen LogP contribution in [-0.2, 0) is 28.7 Å². The van der Waals surface area contributed by atoms with Gasteiger partial charge in [-0.05, 0) is 57.3 Å². The number of ether oxygens (including phenoxy) is 1. The highest BCUT2D eigenvalue weighted by molar-refractivity contribution is 7.82. The van der Waals surface area contributed by atoms with Crippen LogP contribution in [0.3, 0.4) is 0 Å². The van der Waals surface area contributed by atoms with Crippen LogP contribution in [0, 0.1) is 11.6 Å². The molecular weight excluding hydrogens is 564 g/mol. The molecular formula is C29H37F2N7O3S. The fourth-order valence-electron chi connectivity index (χ4n) is 5.10. The van der Waals surface area contributed by atoms with Crippen LogP contribution in [0.25, 0.3) is 0 Å². The van der Waals surface area contributed by atoms with Gasteiger partial charge in [0, 0.05) is 87.6 Å². The molecule has 5 rings (SSSR count). The first kappa shape index (κ1) is 30.1. The predicted octanol–water partition coefficient (Wildman–Crippen LogP) is 3.61. The summed E-state index contributed by atoms with van der Waals surface area (Å²) in [6.45, 7) is 3.64. The number of H-pyrrole nitrogens is 1. The lowest BCUT2D eigenvalue weighted by Crippen LogP contribution is -2.32. The summed E-state index contributed by atoms with van der Waals surface area (Å²) >= 11 is 0. The first-order valence-electron chi connectivity index (χ1n) is 14.0. The van der Waals surface area contributed by atoms with Gasteiger partial charge in [-0.1, -0.05) is 0 Å². The number of fused-ring (bicyclic) bond motifs is 1. The van der Waals surface area contributed by atoms with Gasteiger partial charge in [0.1, 0.15) is 22.6 Å². The van der Waals surface area contributed by atoms with Gasteiger partial charge in [0.2, 0.25) is 0 Å². The van der Waals surface area contributed by atoms with Crippen molar-refractivity contribution in [2.75, 3.05) is 69.5 Å². The summed E-state index contributed by atoms with van der Waals surface area (Å²) in [5, 5.41) is 13.8. The van der Waals surface area contributed by atoms with Gasteiger partial charge in [-0.3, -0.25) is 9.89 Å². The molecule has 1 aromatic heterocycles. The number of hydrogen-bond donors (Lipinski definition) is 3. The maximum absolute atomic E-state index is 13.8. The molecule has 1 saturated heterocycles. The number of halogens is 2. The van der Waals surface area contributed by atoms with Crippen molar-refractivity contribution < 1.29 is 22.5 Å². The number of likely N-dealkylation sites (N-methyl/N-ethyl adjacent to an activating group) is 2. The summed E-state index contributed by atoms with van der Waals surface area (Å²) < 4.78 is 47.8. The van der Waals surface area contributed by atoms with E-state index in [1.54, 1.807) is 4.31 Å². The first-order chi connectivity index (χ1) is 20.2. The first-order valence-corrected chi connectivity index (χ1v) is 15.1. The third-order valence-electron chi connectivity index (χ3n) is 7.55. The number of nitrogens with zero attached hydrogens (tertiary/aromatic N) is 4. The molecule has 0 saturated carbocycles. The predicted molar refractivity (Wildman–Crippen MR) is 159 cm³/mol. The summed E-state index contributed by atoms with van der Waals surface area (Å²) in [5.41, 5.74) is 3.72. The third-order valence-corrected chi connectivity index (χ3v) is 8.97. The van der Waals surface area contributed by atoms with Crippen molar-refractivity contribution in [3.63, 3.8) is 0 Å². The van der Waals surface area contributed by atoms with Gasteiger partial charge in [-0.15, -0.1) is 0 Å². The molecule has 0 aliphatic carbocycles. The number of aromatic amines is 1. The summed E-state index contributed by atoms with van der Waals surface area (Å²) in [5.74, 6) is -1.56. The summed E-state index contributed by atoms with van der Waals surface area (Å²) in [6, 6.07) is 8.83. The van der Waals surface area contributed by atoms with Gasteiger partial charge in [-0.25, -0.2) is 17.3 Å². The van der Waals surface area contributed by atoms with Crippen molar-refractivity contribution in [3.05, 3.63) is 64.9 Å². The Bertz CT molecular complexity index is 1420. The molecule has 0 bridgehead atoms. The molecule has 3 aromatic rings. The number of anilines is 3. The van der Waals surface area contributed by atoms with Crippen LogP contribution in [0.15, 0.2) is 41.3 Å². The topological polar surface area (TPSA) is 106 Å². The lowest BCUT2D eigenvalue weighted by atomic mass is 10.1. The Balaban J connectivity index is 1.35. The van der Waals surface area contributed by atoms with Crippen molar-refractivity contribution in [2.24, 2.45) is 0 Å². The number of rotatable bonds is 10.